The molecule has 1 heterocycles. The number of hydrogen-bond acceptors (Lipinski definition) is 1. The van der Waals surface area contributed by atoms with E-state index in [1.807, 2.05) is 13.0 Å². The summed E-state index contributed by atoms with van der Waals surface area (Å²) in [5.74, 6) is 0. The molecule has 0 aromatic carbocycles. The minimum absolute atomic E-state index is 0.569. The van der Waals surface area contributed by atoms with Gasteiger partial charge in [-0.1, -0.05) is 24.6 Å². The van der Waals surface area contributed by atoms with Crippen molar-refractivity contribution in [1.29, 1.82) is 0 Å². The highest BCUT2D eigenvalue weighted by Gasteiger charge is 1.94. The van der Waals surface area contributed by atoms with Gasteiger partial charge in [0.05, 0.1) is 6.20 Å². The lowest BCUT2D eigenvalue weighted by atomic mass is 10.2. The summed E-state index contributed by atoms with van der Waals surface area (Å²) in [5, 5.41) is 0.569. The SMILES string of the molecule is CCc1cc[c]nc1Cl. The van der Waals surface area contributed by atoms with Gasteiger partial charge in [0.2, 0.25) is 0 Å². The fourth-order valence-corrected chi connectivity index (χ4v) is 0.882. The Labute approximate surface area is 59.7 Å². The molecule has 9 heavy (non-hydrogen) atoms. The Morgan fingerprint density at radius 2 is 2.56 bits per heavy atom. The molecule has 0 spiro atoms. The molecule has 0 saturated carbocycles. The highest BCUT2D eigenvalue weighted by atomic mass is 35.5. The van der Waals surface area contributed by atoms with Gasteiger partial charge in [-0.3, -0.25) is 0 Å². The van der Waals surface area contributed by atoms with Crippen molar-refractivity contribution in [3.63, 3.8) is 0 Å². The van der Waals surface area contributed by atoms with Crippen LogP contribution < -0.4 is 0 Å². The molecule has 0 saturated heterocycles. The fourth-order valence-electron chi connectivity index (χ4n) is 0.636. The summed E-state index contributed by atoms with van der Waals surface area (Å²) in [7, 11) is 0. The molecule has 0 aliphatic heterocycles. The van der Waals surface area contributed by atoms with Gasteiger partial charge in [0.1, 0.15) is 5.15 Å². The zero-order valence-electron chi connectivity index (χ0n) is 5.19. The molecule has 0 unspecified atom stereocenters. The largest absolute Gasteiger partial charge is 0.234 e. The summed E-state index contributed by atoms with van der Waals surface area (Å²) in [6.45, 7) is 2.04. The van der Waals surface area contributed by atoms with Crippen LogP contribution in [0.25, 0.3) is 0 Å². The quantitative estimate of drug-likeness (QED) is 0.545. The molecule has 1 aromatic rings. The minimum atomic E-state index is 0.569. The van der Waals surface area contributed by atoms with Crippen molar-refractivity contribution >= 4 is 11.6 Å². The van der Waals surface area contributed by atoms with Gasteiger partial charge in [0.25, 0.3) is 0 Å². The van der Waals surface area contributed by atoms with Crippen molar-refractivity contribution in [2.45, 2.75) is 13.3 Å². The Bertz CT molecular complexity index is 198. The molecule has 47 valence electrons. The lowest BCUT2D eigenvalue weighted by molar-refractivity contribution is 1.10. The third-order valence-corrected chi connectivity index (χ3v) is 1.49. The second kappa shape index (κ2) is 2.83. The molecule has 0 bridgehead atoms. The van der Waals surface area contributed by atoms with Crippen LogP contribution in [0, 0.1) is 6.20 Å². The van der Waals surface area contributed by atoms with Gasteiger partial charge >= 0.3 is 0 Å². The second-order valence-corrected chi connectivity index (χ2v) is 2.10. The van der Waals surface area contributed by atoms with Gasteiger partial charge in [0, 0.05) is 0 Å². The van der Waals surface area contributed by atoms with E-state index in [0.717, 1.165) is 12.0 Å². The number of pyridine rings is 1. The average Bonchev–Trinajstić information content (AvgIpc) is 1.89. The van der Waals surface area contributed by atoms with Crippen molar-refractivity contribution in [2.75, 3.05) is 0 Å². The van der Waals surface area contributed by atoms with Crippen LogP contribution in [0.4, 0.5) is 0 Å². The highest BCUT2D eigenvalue weighted by Crippen LogP contribution is 2.10. The highest BCUT2D eigenvalue weighted by molar-refractivity contribution is 6.30. The summed E-state index contributed by atoms with van der Waals surface area (Å²) >= 11 is 5.68. The molecule has 1 rings (SSSR count). The van der Waals surface area contributed by atoms with E-state index in [1.54, 1.807) is 6.07 Å². The zero-order chi connectivity index (χ0) is 6.69. The van der Waals surface area contributed by atoms with Gasteiger partial charge in [-0.2, -0.15) is 0 Å². The minimum Gasteiger partial charge on any atom is -0.234 e. The number of nitrogens with zero attached hydrogens (tertiary/aromatic N) is 1. The predicted octanol–water partition coefficient (Wildman–Crippen LogP) is 2.10. The van der Waals surface area contributed by atoms with Crippen LogP contribution in [-0.4, -0.2) is 4.98 Å². The first kappa shape index (κ1) is 6.56. The number of aromatic nitrogens is 1. The first-order valence-electron chi connectivity index (χ1n) is 2.86. The van der Waals surface area contributed by atoms with Gasteiger partial charge in [0.15, 0.2) is 0 Å². The van der Waals surface area contributed by atoms with Gasteiger partial charge in [-0.25, -0.2) is 4.98 Å². The van der Waals surface area contributed by atoms with E-state index in [4.69, 9.17) is 11.6 Å². The number of halogens is 1. The Balaban J connectivity index is 3.01. The molecule has 0 fully saturated rings. The molecule has 0 N–H and O–H groups in total. The molecule has 0 aliphatic rings. The Hall–Kier alpha value is -0.560. The Morgan fingerprint density at radius 1 is 1.78 bits per heavy atom. The van der Waals surface area contributed by atoms with Crippen molar-refractivity contribution in [1.82, 2.24) is 4.98 Å². The maximum absolute atomic E-state index is 5.68. The summed E-state index contributed by atoms with van der Waals surface area (Å²) in [6, 6.07) is 3.69. The Morgan fingerprint density at radius 3 is 3.00 bits per heavy atom. The molecule has 0 aliphatic carbocycles. The van der Waals surface area contributed by atoms with Crippen molar-refractivity contribution in [3.05, 3.63) is 29.0 Å². The molecule has 1 radical (unpaired) electrons. The van der Waals surface area contributed by atoms with Crippen LogP contribution in [-0.2, 0) is 6.42 Å². The third-order valence-electron chi connectivity index (χ3n) is 1.17. The van der Waals surface area contributed by atoms with E-state index >= 15 is 0 Å². The standard InChI is InChI=1S/C7H7ClN/c1-2-6-4-3-5-9-7(6)8/h3-4H,2H2,1H3. The summed E-state index contributed by atoms with van der Waals surface area (Å²) in [5.41, 5.74) is 1.08. The number of hydrogen-bond donors (Lipinski definition) is 0. The van der Waals surface area contributed by atoms with Crippen molar-refractivity contribution in [2.24, 2.45) is 0 Å². The average molecular weight is 141 g/mol. The molecule has 0 atom stereocenters. The van der Waals surface area contributed by atoms with Crippen LogP contribution in [0.1, 0.15) is 12.5 Å². The maximum Gasteiger partial charge on any atom is 0.133 e. The summed E-state index contributed by atoms with van der Waals surface area (Å²) in [6.07, 6.45) is 3.58. The predicted molar refractivity (Wildman–Crippen MR) is 37.5 cm³/mol. The monoisotopic (exact) mass is 140 g/mol. The summed E-state index contributed by atoms with van der Waals surface area (Å²) in [4.78, 5) is 3.79. The molecule has 1 nitrogen and oxygen atoms in total. The van der Waals surface area contributed by atoms with E-state index in [9.17, 15) is 0 Å². The van der Waals surface area contributed by atoms with E-state index < -0.39 is 0 Å². The van der Waals surface area contributed by atoms with Crippen molar-refractivity contribution in [3.8, 4) is 0 Å². The van der Waals surface area contributed by atoms with Gasteiger partial charge in [-0.15, -0.1) is 0 Å². The first-order chi connectivity index (χ1) is 4.34. The molecule has 2 heteroatoms. The second-order valence-electron chi connectivity index (χ2n) is 1.74. The smallest absolute Gasteiger partial charge is 0.133 e. The first-order valence-corrected chi connectivity index (χ1v) is 3.24. The lowest BCUT2D eigenvalue weighted by Crippen LogP contribution is -1.83. The summed E-state index contributed by atoms with van der Waals surface area (Å²) < 4.78 is 0. The van der Waals surface area contributed by atoms with Crippen LogP contribution in [0.15, 0.2) is 12.1 Å². The van der Waals surface area contributed by atoms with E-state index in [0.29, 0.717) is 5.15 Å². The lowest BCUT2D eigenvalue weighted by Gasteiger charge is -1.94. The Kier molecular flexibility index (Phi) is 2.06. The fraction of sp³-hybridized carbons (Fsp3) is 0.286. The van der Waals surface area contributed by atoms with Crippen LogP contribution in [0.3, 0.4) is 0 Å². The van der Waals surface area contributed by atoms with Crippen LogP contribution in [0.5, 0.6) is 0 Å². The van der Waals surface area contributed by atoms with E-state index in [1.165, 1.54) is 0 Å². The van der Waals surface area contributed by atoms with E-state index in [2.05, 4.69) is 11.2 Å². The topological polar surface area (TPSA) is 12.9 Å². The molecule has 0 amide bonds. The normalized spacial score (nSPS) is 9.56. The van der Waals surface area contributed by atoms with Gasteiger partial charge in [-0.05, 0) is 18.1 Å². The number of rotatable bonds is 1. The third kappa shape index (κ3) is 1.42. The van der Waals surface area contributed by atoms with E-state index in [-0.39, 0.29) is 0 Å². The molecular weight excluding hydrogens is 134 g/mol. The molecule has 1 aromatic heterocycles. The van der Waals surface area contributed by atoms with Crippen molar-refractivity contribution < 1.29 is 0 Å². The number of aryl methyl sites for hydroxylation is 1. The van der Waals surface area contributed by atoms with Gasteiger partial charge < -0.3 is 0 Å². The molecular formula is C7H7ClN. The van der Waals surface area contributed by atoms with Crippen LogP contribution >= 0.6 is 11.6 Å². The maximum atomic E-state index is 5.68. The van der Waals surface area contributed by atoms with Crippen LogP contribution in [0.2, 0.25) is 5.15 Å². The zero-order valence-corrected chi connectivity index (χ0v) is 5.94.